The maximum atomic E-state index is 12.7. The van der Waals surface area contributed by atoms with Crippen molar-refractivity contribution in [2.24, 2.45) is 0 Å². The second-order valence-corrected chi connectivity index (χ2v) is 7.50. The highest BCUT2D eigenvalue weighted by Gasteiger charge is 2.27. The number of pyridine rings is 1. The molecule has 3 aromatic rings. The molecule has 4 rings (SSSR count). The van der Waals surface area contributed by atoms with E-state index in [1.165, 1.54) is 5.56 Å². The number of hydrogen-bond acceptors (Lipinski definition) is 4. The number of nitrogens with one attached hydrogen (secondary N) is 1. The fourth-order valence-electron chi connectivity index (χ4n) is 3.10. The lowest BCUT2D eigenvalue weighted by Gasteiger charge is -2.13. The Balaban J connectivity index is 1.56. The number of anilines is 2. The van der Waals surface area contributed by atoms with Crippen LogP contribution in [0.2, 0.25) is 0 Å². The van der Waals surface area contributed by atoms with Gasteiger partial charge < -0.3 is 14.8 Å². The molecular formula is C20H20N4OS. The number of benzene rings is 1. The van der Waals surface area contributed by atoms with Crippen molar-refractivity contribution in [1.29, 1.82) is 0 Å². The molecule has 0 saturated carbocycles. The number of carbonyl (C=O) groups is 1. The van der Waals surface area contributed by atoms with Gasteiger partial charge in [0.15, 0.2) is 0 Å². The summed E-state index contributed by atoms with van der Waals surface area (Å²) in [5, 5.41) is 3.28. The van der Waals surface area contributed by atoms with Crippen LogP contribution in [0.1, 0.15) is 27.0 Å². The molecule has 1 aliphatic rings. The summed E-state index contributed by atoms with van der Waals surface area (Å²) in [5.74, 6) is 0.775. The number of fused-ring (bicyclic) bond motifs is 1. The number of nitrogens with zero attached hydrogens (tertiary/aromatic N) is 3. The Morgan fingerprint density at radius 2 is 2.15 bits per heavy atom. The minimum absolute atomic E-state index is 0.0856. The van der Waals surface area contributed by atoms with Crippen LogP contribution in [-0.2, 0) is 5.75 Å². The Morgan fingerprint density at radius 3 is 2.92 bits per heavy atom. The second-order valence-electron chi connectivity index (χ2n) is 6.43. The average molecular weight is 364 g/mol. The number of hydrogen-bond donors (Lipinski definition) is 1. The molecule has 5 nitrogen and oxygen atoms in total. The molecule has 1 unspecified atom stereocenters. The highest BCUT2D eigenvalue weighted by atomic mass is 32.2. The fourth-order valence-corrected chi connectivity index (χ4v) is 4.41. The predicted octanol–water partition coefficient (Wildman–Crippen LogP) is 4.00. The van der Waals surface area contributed by atoms with Gasteiger partial charge in [0.05, 0.1) is 11.4 Å². The topological polar surface area (TPSA) is 50.2 Å². The van der Waals surface area contributed by atoms with Gasteiger partial charge in [-0.15, -0.1) is 11.8 Å². The van der Waals surface area contributed by atoms with E-state index in [1.807, 2.05) is 79.5 Å². The minimum Gasteiger partial charge on any atom is -0.378 e. The molecule has 1 aliphatic heterocycles. The standard InChI is InChI=1S/C20H20N4OS/c1-23(2)16-7-3-5-14(11-16)19(25)22-17-8-10-24-18(17)13-26-20(24)15-6-4-9-21-12-15/h3-12,20H,13H2,1-2H3,(H,22,25). The molecule has 0 aliphatic carbocycles. The van der Waals surface area contributed by atoms with Crippen molar-refractivity contribution in [1.82, 2.24) is 9.55 Å². The Bertz CT molecular complexity index is 936. The maximum absolute atomic E-state index is 12.7. The van der Waals surface area contributed by atoms with Crippen LogP contribution in [0.3, 0.4) is 0 Å². The van der Waals surface area contributed by atoms with Gasteiger partial charge in [-0.1, -0.05) is 12.1 Å². The highest BCUT2D eigenvalue weighted by Crippen LogP contribution is 2.43. The predicted molar refractivity (Wildman–Crippen MR) is 107 cm³/mol. The summed E-state index contributed by atoms with van der Waals surface area (Å²) in [6, 6.07) is 13.7. The summed E-state index contributed by atoms with van der Waals surface area (Å²) in [4.78, 5) is 18.9. The van der Waals surface area contributed by atoms with E-state index in [0.29, 0.717) is 5.56 Å². The fraction of sp³-hybridized carbons (Fsp3) is 0.200. The van der Waals surface area contributed by atoms with Gasteiger partial charge in [0.1, 0.15) is 5.37 Å². The summed E-state index contributed by atoms with van der Waals surface area (Å²) in [5.41, 5.74) is 4.85. The van der Waals surface area contributed by atoms with Crippen LogP contribution in [0, 0.1) is 0 Å². The first kappa shape index (κ1) is 16.7. The molecule has 1 amide bonds. The first-order valence-corrected chi connectivity index (χ1v) is 9.48. The molecule has 2 aromatic heterocycles. The third-order valence-corrected chi connectivity index (χ3v) is 5.75. The Hall–Kier alpha value is -2.73. The summed E-state index contributed by atoms with van der Waals surface area (Å²) < 4.78 is 2.22. The van der Waals surface area contributed by atoms with Crippen molar-refractivity contribution < 1.29 is 4.79 Å². The number of rotatable bonds is 4. The van der Waals surface area contributed by atoms with Crippen molar-refractivity contribution in [2.75, 3.05) is 24.3 Å². The molecule has 1 aromatic carbocycles. The van der Waals surface area contributed by atoms with Crippen LogP contribution >= 0.6 is 11.8 Å². The SMILES string of the molecule is CN(C)c1cccc(C(=O)Nc2ccn3c2CSC3c2cccnc2)c1. The number of amides is 1. The molecule has 0 fully saturated rings. The molecule has 6 heteroatoms. The lowest BCUT2D eigenvalue weighted by molar-refractivity contribution is 0.102. The molecule has 1 N–H and O–H groups in total. The first-order valence-electron chi connectivity index (χ1n) is 8.43. The van der Waals surface area contributed by atoms with Crippen molar-refractivity contribution in [3.63, 3.8) is 0 Å². The zero-order valence-corrected chi connectivity index (χ0v) is 15.5. The highest BCUT2D eigenvalue weighted by molar-refractivity contribution is 7.99. The lowest BCUT2D eigenvalue weighted by atomic mass is 10.1. The van der Waals surface area contributed by atoms with Crippen LogP contribution in [0.15, 0.2) is 61.1 Å². The van der Waals surface area contributed by atoms with E-state index >= 15 is 0 Å². The Labute approximate surface area is 157 Å². The first-order chi connectivity index (χ1) is 12.6. The number of carbonyl (C=O) groups excluding carboxylic acids is 1. The van der Waals surface area contributed by atoms with Crippen LogP contribution in [0.4, 0.5) is 11.4 Å². The van der Waals surface area contributed by atoms with Crippen LogP contribution in [0.25, 0.3) is 0 Å². The molecule has 3 heterocycles. The van der Waals surface area contributed by atoms with E-state index in [1.54, 1.807) is 6.20 Å². The van der Waals surface area contributed by atoms with E-state index in [9.17, 15) is 4.79 Å². The lowest BCUT2D eigenvalue weighted by Crippen LogP contribution is -2.14. The van der Waals surface area contributed by atoms with E-state index in [4.69, 9.17) is 0 Å². The monoisotopic (exact) mass is 364 g/mol. The van der Waals surface area contributed by atoms with Gasteiger partial charge in [-0.3, -0.25) is 9.78 Å². The molecule has 0 bridgehead atoms. The average Bonchev–Trinajstić information content (AvgIpc) is 3.25. The van der Waals surface area contributed by atoms with Gasteiger partial charge in [0, 0.05) is 55.3 Å². The van der Waals surface area contributed by atoms with Crippen molar-refractivity contribution in [3.8, 4) is 0 Å². The quantitative estimate of drug-likeness (QED) is 0.760. The van der Waals surface area contributed by atoms with E-state index in [2.05, 4.69) is 20.9 Å². The van der Waals surface area contributed by atoms with E-state index in [0.717, 1.165) is 22.8 Å². The van der Waals surface area contributed by atoms with Crippen LogP contribution in [-0.4, -0.2) is 29.6 Å². The smallest absolute Gasteiger partial charge is 0.255 e. The zero-order chi connectivity index (χ0) is 18.1. The van der Waals surface area contributed by atoms with Gasteiger partial charge in [-0.05, 0) is 30.3 Å². The van der Waals surface area contributed by atoms with E-state index < -0.39 is 0 Å². The number of thioether (sulfide) groups is 1. The van der Waals surface area contributed by atoms with E-state index in [-0.39, 0.29) is 11.3 Å². The van der Waals surface area contributed by atoms with Crippen LogP contribution in [0.5, 0.6) is 0 Å². The zero-order valence-electron chi connectivity index (χ0n) is 14.7. The molecule has 26 heavy (non-hydrogen) atoms. The van der Waals surface area contributed by atoms with Crippen molar-refractivity contribution in [2.45, 2.75) is 11.1 Å². The largest absolute Gasteiger partial charge is 0.378 e. The minimum atomic E-state index is -0.0856. The third kappa shape index (κ3) is 3.08. The van der Waals surface area contributed by atoms with Crippen LogP contribution < -0.4 is 10.2 Å². The van der Waals surface area contributed by atoms with Crippen molar-refractivity contribution in [3.05, 3.63) is 77.9 Å². The maximum Gasteiger partial charge on any atom is 0.255 e. The van der Waals surface area contributed by atoms with Gasteiger partial charge in [0.2, 0.25) is 0 Å². The summed E-state index contributed by atoms with van der Waals surface area (Å²) in [6.07, 6.45) is 5.73. The number of aromatic nitrogens is 2. The second kappa shape index (κ2) is 6.88. The summed E-state index contributed by atoms with van der Waals surface area (Å²) in [7, 11) is 3.93. The Morgan fingerprint density at radius 1 is 1.27 bits per heavy atom. The summed E-state index contributed by atoms with van der Waals surface area (Å²) in [6.45, 7) is 0. The normalized spacial score (nSPS) is 15.5. The Kier molecular flexibility index (Phi) is 4.42. The molecule has 0 saturated heterocycles. The van der Waals surface area contributed by atoms with Gasteiger partial charge in [-0.2, -0.15) is 0 Å². The van der Waals surface area contributed by atoms with Gasteiger partial charge >= 0.3 is 0 Å². The molecule has 1 atom stereocenters. The molecule has 0 radical (unpaired) electrons. The van der Waals surface area contributed by atoms with Gasteiger partial charge in [0.25, 0.3) is 5.91 Å². The molecule has 0 spiro atoms. The summed E-state index contributed by atoms with van der Waals surface area (Å²) >= 11 is 1.84. The van der Waals surface area contributed by atoms with Crippen molar-refractivity contribution >= 4 is 29.0 Å². The molecular weight excluding hydrogens is 344 g/mol. The third-order valence-electron chi connectivity index (χ3n) is 4.50. The molecule has 132 valence electrons. The van der Waals surface area contributed by atoms with Gasteiger partial charge in [-0.25, -0.2) is 0 Å².